The molecule has 0 spiro atoms. The number of benzene rings is 3. The molecule has 152 valence electrons. The molecule has 7 nitrogen and oxygen atoms in total. The van der Waals surface area contributed by atoms with Gasteiger partial charge in [0.05, 0.1) is 5.56 Å². The minimum atomic E-state index is -0.626. The number of carbonyl (C=O) groups is 3. The van der Waals surface area contributed by atoms with Gasteiger partial charge >= 0.3 is 6.03 Å². The molecular weight excluding hydrogens is 382 g/mol. The lowest BCUT2D eigenvalue weighted by molar-refractivity contribution is -0.122. The minimum absolute atomic E-state index is 0.241. The lowest BCUT2D eigenvalue weighted by Crippen LogP contribution is -2.41. The largest absolute Gasteiger partial charge is 0.483 e. The van der Waals surface area contributed by atoms with Crippen LogP contribution in [0.2, 0.25) is 0 Å². The van der Waals surface area contributed by atoms with Crippen molar-refractivity contribution in [2.24, 2.45) is 0 Å². The fraction of sp³-hybridized carbons (Fsp3) is 0.0870. The first-order chi connectivity index (χ1) is 14.6. The van der Waals surface area contributed by atoms with Crippen LogP contribution in [-0.4, -0.2) is 24.5 Å². The molecule has 30 heavy (non-hydrogen) atoms. The van der Waals surface area contributed by atoms with Gasteiger partial charge in [-0.2, -0.15) is 0 Å². The molecule has 0 bridgehead atoms. The summed E-state index contributed by atoms with van der Waals surface area (Å²) in [6.45, 7) is -0.113. The van der Waals surface area contributed by atoms with Crippen molar-refractivity contribution in [3.8, 4) is 5.75 Å². The summed E-state index contributed by atoms with van der Waals surface area (Å²) in [4.78, 5) is 36.4. The number of anilines is 1. The van der Waals surface area contributed by atoms with Crippen LogP contribution in [0.5, 0.6) is 5.75 Å². The summed E-state index contributed by atoms with van der Waals surface area (Å²) < 4.78 is 5.47. The molecule has 3 aromatic rings. The maximum absolute atomic E-state index is 12.5. The summed E-state index contributed by atoms with van der Waals surface area (Å²) in [7, 11) is 0. The third-order valence-corrected chi connectivity index (χ3v) is 4.07. The van der Waals surface area contributed by atoms with E-state index in [9.17, 15) is 14.4 Å². The van der Waals surface area contributed by atoms with Crippen LogP contribution >= 0.6 is 0 Å². The van der Waals surface area contributed by atoms with E-state index in [2.05, 4.69) is 16.0 Å². The number of amides is 4. The van der Waals surface area contributed by atoms with E-state index in [1.165, 1.54) is 0 Å². The number of carbonyl (C=O) groups excluding carboxylic acids is 3. The Labute approximate surface area is 174 Å². The first kappa shape index (κ1) is 20.6. The van der Waals surface area contributed by atoms with Crippen LogP contribution in [0.3, 0.4) is 0 Å². The fourth-order valence-electron chi connectivity index (χ4n) is 2.63. The van der Waals surface area contributed by atoms with Crippen LogP contribution in [0.15, 0.2) is 84.9 Å². The lowest BCUT2D eigenvalue weighted by Gasteiger charge is -2.12. The Balaban J connectivity index is 1.51. The Hall–Kier alpha value is -4.13. The minimum Gasteiger partial charge on any atom is -0.483 e. The summed E-state index contributed by atoms with van der Waals surface area (Å²) >= 11 is 0. The zero-order valence-corrected chi connectivity index (χ0v) is 16.1. The Bertz CT molecular complexity index is 1010. The van der Waals surface area contributed by atoms with Crippen molar-refractivity contribution in [3.63, 3.8) is 0 Å². The van der Waals surface area contributed by atoms with Crippen LogP contribution in [0, 0.1) is 0 Å². The third-order valence-electron chi connectivity index (χ3n) is 4.07. The second kappa shape index (κ2) is 10.4. The number of hydrogen-bond donors (Lipinski definition) is 3. The molecule has 3 aromatic carbocycles. The van der Waals surface area contributed by atoms with E-state index in [4.69, 9.17) is 4.74 Å². The molecule has 0 radical (unpaired) electrons. The molecule has 3 N–H and O–H groups in total. The predicted molar refractivity (Wildman–Crippen MR) is 113 cm³/mol. The van der Waals surface area contributed by atoms with E-state index in [0.717, 1.165) is 5.56 Å². The summed E-state index contributed by atoms with van der Waals surface area (Å²) in [5.41, 5.74) is 1.84. The van der Waals surface area contributed by atoms with E-state index < -0.39 is 18.5 Å². The third kappa shape index (κ3) is 6.20. The highest BCUT2D eigenvalue weighted by atomic mass is 16.5. The van der Waals surface area contributed by atoms with Gasteiger partial charge in [0.1, 0.15) is 5.75 Å². The number of ether oxygens (including phenoxy) is 1. The molecular formula is C23H21N3O4. The van der Waals surface area contributed by atoms with Gasteiger partial charge in [0.15, 0.2) is 6.61 Å². The molecule has 0 heterocycles. The van der Waals surface area contributed by atoms with Gasteiger partial charge in [0.25, 0.3) is 11.8 Å². The van der Waals surface area contributed by atoms with Crippen molar-refractivity contribution in [2.45, 2.75) is 6.54 Å². The Kier molecular flexibility index (Phi) is 7.16. The first-order valence-electron chi connectivity index (χ1n) is 9.31. The summed E-state index contributed by atoms with van der Waals surface area (Å²) in [6.07, 6.45) is 0. The number of hydrogen-bond acceptors (Lipinski definition) is 4. The molecule has 4 amide bonds. The molecule has 7 heteroatoms. The molecule has 0 aliphatic carbocycles. The smallest absolute Gasteiger partial charge is 0.321 e. The van der Waals surface area contributed by atoms with Crippen molar-refractivity contribution < 1.29 is 19.1 Å². The molecule has 0 atom stereocenters. The molecule has 0 saturated heterocycles. The number of imide groups is 1. The van der Waals surface area contributed by atoms with Crippen molar-refractivity contribution in [1.29, 1.82) is 0 Å². The van der Waals surface area contributed by atoms with Crippen LogP contribution < -0.4 is 20.7 Å². The SMILES string of the molecule is O=C(COc1ccccc1C(=O)Nc1ccccc1)NC(=O)NCc1ccccc1. The number of nitrogens with one attached hydrogen (secondary N) is 3. The molecule has 0 fully saturated rings. The van der Waals surface area contributed by atoms with Gasteiger partial charge in [-0.05, 0) is 29.8 Å². The van der Waals surface area contributed by atoms with Crippen molar-refractivity contribution in [2.75, 3.05) is 11.9 Å². The summed E-state index contributed by atoms with van der Waals surface area (Å²) in [5.74, 6) is -0.748. The zero-order valence-electron chi connectivity index (χ0n) is 16.1. The first-order valence-corrected chi connectivity index (χ1v) is 9.31. The molecule has 3 rings (SSSR count). The topological polar surface area (TPSA) is 96.5 Å². The maximum atomic E-state index is 12.5. The van der Waals surface area contributed by atoms with Crippen LogP contribution in [-0.2, 0) is 11.3 Å². The molecule has 0 unspecified atom stereocenters. The summed E-state index contributed by atoms with van der Waals surface area (Å²) in [6, 6.07) is 24.3. The van der Waals surface area contributed by atoms with Gasteiger partial charge in [-0.1, -0.05) is 60.7 Å². The van der Waals surface area contributed by atoms with E-state index >= 15 is 0 Å². The van der Waals surface area contributed by atoms with Gasteiger partial charge in [-0.3, -0.25) is 14.9 Å². The monoisotopic (exact) mass is 403 g/mol. The van der Waals surface area contributed by atoms with Gasteiger partial charge < -0.3 is 15.4 Å². The highest BCUT2D eigenvalue weighted by Crippen LogP contribution is 2.19. The van der Waals surface area contributed by atoms with Gasteiger partial charge in [-0.25, -0.2) is 4.79 Å². The normalized spacial score (nSPS) is 10.0. The molecule has 0 saturated carbocycles. The lowest BCUT2D eigenvalue weighted by atomic mass is 10.2. The highest BCUT2D eigenvalue weighted by Gasteiger charge is 2.14. The number of para-hydroxylation sites is 2. The molecule has 0 aliphatic heterocycles. The number of rotatable bonds is 7. The summed E-state index contributed by atoms with van der Waals surface area (Å²) in [5, 5.41) is 7.56. The number of urea groups is 1. The van der Waals surface area contributed by atoms with E-state index in [1.807, 2.05) is 48.5 Å². The van der Waals surface area contributed by atoms with E-state index in [1.54, 1.807) is 36.4 Å². The molecule has 0 aliphatic rings. The van der Waals surface area contributed by atoms with Crippen molar-refractivity contribution in [3.05, 3.63) is 96.1 Å². The Morgan fingerprint density at radius 2 is 1.40 bits per heavy atom. The second-order valence-corrected chi connectivity index (χ2v) is 6.32. The van der Waals surface area contributed by atoms with E-state index in [-0.39, 0.29) is 17.2 Å². The standard InChI is InChI=1S/C23H21N3O4/c27-21(26-23(29)24-15-17-9-3-1-4-10-17)16-30-20-14-8-7-13-19(20)22(28)25-18-11-5-2-6-12-18/h1-14H,15-16H2,(H,25,28)(H2,24,26,27,29). The Morgan fingerprint density at radius 1 is 0.767 bits per heavy atom. The highest BCUT2D eigenvalue weighted by molar-refractivity contribution is 6.06. The van der Waals surface area contributed by atoms with Gasteiger partial charge in [-0.15, -0.1) is 0 Å². The maximum Gasteiger partial charge on any atom is 0.321 e. The van der Waals surface area contributed by atoms with Crippen molar-refractivity contribution >= 4 is 23.5 Å². The van der Waals surface area contributed by atoms with Crippen molar-refractivity contribution in [1.82, 2.24) is 10.6 Å². The predicted octanol–water partition coefficient (Wildman–Crippen LogP) is 3.34. The fourth-order valence-corrected chi connectivity index (χ4v) is 2.63. The zero-order chi connectivity index (χ0) is 21.2. The van der Waals surface area contributed by atoms with Gasteiger partial charge in [0.2, 0.25) is 0 Å². The second-order valence-electron chi connectivity index (χ2n) is 6.32. The Morgan fingerprint density at radius 3 is 2.13 bits per heavy atom. The van der Waals surface area contributed by atoms with E-state index in [0.29, 0.717) is 12.2 Å². The van der Waals surface area contributed by atoms with Gasteiger partial charge in [0, 0.05) is 12.2 Å². The quantitative estimate of drug-likeness (QED) is 0.564. The van der Waals surface area contributed by atoms with Crippen LogP contribution in [0.1, 0.15) is 15.9 Å². The average Bonchev–Trinajstić information content (AvgIpc) is 2.78. The van der Waals surface area contributed by atoms with Crippen LogP contribution in [0.25, 0.3) is 0 Å². The average molecular weight is 403 g/mol. The van der Waals surface area contributed by atoms with Crippen LogP contribution in [0.4, 0.5) is 10.5 Å². The molecule has 0 aromatic heterocycles.